The van der Waals surface area contributed by atoms with Gasteiger partial charge in [-0.05, 0) is 69.3 Å². The van der Waals surface area contributed by atoms with Crippen molar-refractivity contribution in [2.24, 2.45) is 0 Å². The molecule has 1 atom stereocenters. The number of carbonyl (C=O) groups excluding carboxylic acids is 2. The van der Waals surface area contributed by atoms with Crippen molar-refractivity contribution in [1.82, 2.24) is 14.3 Å². The van der Waals surface area contributed by atoms with E-state index in [1.807, 2.05) is 0 Å². The van der Waals surface area contributed by atoms with E-state index in [1.54, 1.807) is 13.8 Å². The molecule has 0 aliphatic carbocycles. The van der Waals surface area contributed by atoms with Crippen molar-refractivity contribution in [3.05, 3.63) is 72.6 Å². The molecule has 0 aliphatic rings. The van der Waals surface area contributed by atoms with Crippen LogP contribution < -0.4 is 10.0 Å². The summed E-state index contributed by atoms with van der Waals surface area (Å²) in [7, 11) is -3.65. The first kappa shape index (κ1) is 24.1. The predicted octanol–water partition coefficient (Wildman–Crippen LogP) is 2.88. The summed E-state index contributed by atoms with van der Waals surface area (Å²) in [4.78, 5) is 29.0. The zero-order valence-corrected chi connectivity index (χ0v) is 19.0. The van der Waals surface area contributed by atoms with Crippen LogP contribution in [0, 0.1) is 5.82 Å². The number of ether oxygens (including phenoxy) is 1. The lowest BCUT2D eigenvalue weighted by Crippen LogP contribution is -2.31. The molecule has 1 heterocycles. The van der Waals surface area contributed by atoms with Gasteiger partial charge in [0.25, 0.3) is 5.91 Å². The average molecular weight is 475 g/mol. The zero-order valence-electron chi connectivity index (χ0n) is 18.2. The Hall–Kier alpha value is -3.57. The maximum Gasteiger partial charge on any atom is 0.357 e. The predicted molar refractivity (Wildman–Crippen MR) is 119 cm³/mol. The first-order chi connectivity index (χ1) is 15.6. The van der Waals surface area contributed by atoms with E-state index in [4.69, 9.17) is 4.74 Å². The Morgan fingerprint density at radius 1 is 1.03 bits per heavy atom. The minimum atomic E-state index is -3.65. The Labute approximate surface area is 190 Å². The molecular formula is C22H23FN4O5S. The van der Waals surface area contributed by atoms with Crippen LogP contribution in [-0.4, -0.2) is 42.0 Å². The number of esters is 1. The molecule has 0 unspecified atom stereocenters. The van der Waals surface area contributed by atoms with E-state index in [2.05, 4.69) is 15.0 Å². The number of benzene rings is 2. The lowest BCUT2D eigenvalue weighted by Gasteiger charge is -2.15. The lowest BCUT2D eigenvalue weighted by molar-refractivity contribution is -0.123. The molecule has 0 spiro atoms. The highest BCUT2D eigenvalue weighted by molar-refractivity contribution is 7.89. The van der Waals surface area contributed by atoms with E-state index in [0.717, 1.165) is 0 Å². The summed E-state index contributed by atoms with van der Waals surface area (Å²) in [6.07, 6.45) is 1.50. The van der Waals surface area contributed by atoms with Crippen LogP contribution in [-0.2, 0) is 19.6 Å². The van der Waals surface area contributed by atoms with Gasteiger partial charge in [0.1, 0.15) is 5.82 Å². The lowest BCUT2D eigenvalue weighted by atomic mass is 10.3. The second-order valence-corrected chi connectivity index (χ2v) is 9.18. The summed E-state index contributed by atoms with van der Waals surface area (Å²) in [6.45, 7) is 4.82. The van der Waals surface area contributed by atoms with Crippen LogP contribution in [0.1, 0.15) is 31.3 Å². The molecule has 1 aromatic heterocycles. The number of amides is 1. The molecule has 2 N–H and O–H groups in total. The van der Waals surface area contributed by atoms with Gasteiger partial charge in [0.2, 0.25) is 10.0 Å². The molecule has 0 aliphatic heterocycles. The standard InChI is InChI=1S/C22H23FN4O5S/c1-14(2)26-33(30,31)19-10-6-17(7-11-19)25-21(28)15(3)32-22(29)20-12-24-13-27(20)18-8-4-16(23)5-9-18/h4-15,26H,1-3H3,(H,25,28)/t15-/m0/s1. The van der Waals surface area contributed by atoms with E-state index < -0.39 is 33.8 Å². The van der Waals surface area contributed by atoms with Gasteiger partial charge in [0.05, 0.1) is 17.4 Å². The summed E-state index contributed by atoms with van der Waals surface area (Å²) < 4.78 is 46.7. The number of aromatic nitrogens is 2. The number of sulfonamides is 1. The quantitative estimate of drug-likeness (QED) is 0.485. The van der Waals surface area contributed by atoms with Crippen LogP contribution >= 0.6 is 0 Å². The molecule has 1 amide bonds. The van der Waals surface area contributed by atoms with Crippen LogP contribution in [0.15, 0.2) is 66.0 Å². The molecule has 33 heavy (non-hydrogen) atoms. The van der Waals surface area contributed by atoms with E-state index in [0.29, 0.717) is 11.4 Å². The molecule has 0 bridgehead atoms. The highest BCUT2D eigenvalue weighted by atomic mass is 32.2. The Kier molecular flexibility index (Phi) is 7.24. The van der Waals surface area contributed by atoms with Crippen LogP contribution in [0.5, 0.6) is 0 Å². The molecule has 9 nitrogen and oxygen atoms in total. The fourth-order valence-electron chi connectivity index (χ4n) is 2.87. The summed E-state index contributed by atoms with van der Waals surface area (Å²) in [5, 5.41) is 2.57. The van der Waals surface area contributed by atoms with Gasteiger partial charge in [0.15, 0.2) is 11.8 Å². The van der Waals surface area contributed by atoms with Crippen LogP contribution in [0.2, 0.25) is 0 Å². The van der Waals surface area contributed by atoms with Gasteiger partial charge in [-0.15, -0.1) is 0 Å². The highest BCUT2D eigenvalue weighted by Gasteiger charge is 2.22. The molecule has 0 radical (unpaired) electrons. The second-order valence-electron chi connectivity index (χ2n) is 7.46. The Morgan fingerprint density at radius 2 is 1.67 bits per heavy atom. The molecule has 2 aromatic carbocycles. The van der Waals surface area contributed by atoms with Crippen LogP contribution in [0.3, 0.4) is 0 Å². The van der Waals surface area contributed by atoms with Crippen molar-refractivity contribution in [2.75, 3.05) is 5.32 Å². The van der Waals surface area contributed by atoms with Crippen molar-refractivity contribution >= 4 is 27.6 Å². The maximum atomic E-state index is 13.2. The average Bonchev–Trinajstić information content (AvgIpc) is 3.24. The molecule has 3 aromatic rings. The number of rotatable bonds is 8. The van der Waals surface area contributed by atoms with Crippen molar-refractivity contribution in [3.8, 4) is 5.69 Å². The number of halogens is 1. The van der Waals surface area contributed by atoms with Crippen molar-refractivity contribution in [3.63, 3.8) is 0 Å². The zero-order chi connectivity index (χ0) is 24.2. The molecular weight excluding hydrogens is 451 g/mol. The monoisotopic (exact) mass is 474 g/mol. The number of hydrogen-bond donors (Lipinski definition) is 2. The van der Waals surface area contributed by atoms with Gasteiger partial charge >= 0.3 is 5.97 Å². The fourth-order valence-corrected chi connectivity index (χ4v) is 4.12. The van der Waals surface area contributed by atoms with Crippen molar-refractivity contribution in [2.45, 2.75) is 37.8 Å². The van der Waals surface area contributed by atoms with E-state index >= 15 is 0 Å². The molecule has 174 valence electrons. The third-order valence-corrected chi connectivity index (χ3v) is 6.10. The molecule has 3 rings (SSSR count). The van der Waals surface area contributed by atoms with Crippen molar-refractivity contribution in [1.29, 1.82) is 0 Å². The number of hydrogen-bond acceptors (Lipinski definition) is 6. The maximum absolute atomic E-state index is 13.2. The summed E-state index contributed by atoms with van der Waals surface area (Å²) in [5.41, 5.74) is 0.899. The number of nitrogens with one attached hydrogen (secondary N) is 2. The minimum Gasteiger partial charge on any atom is -0.448 e. The SMILES string of the molecule is CC(C)NS(=O)(=O)c1ccc(NC(=O)[C@H](C)OC(=O)c2cncn2-c2ccc(F)cc2)cc1. The van der Waals surface area contributed by atoms with Gasteiger partial charge in [-0.1, -0.05) is 0 Å². The Morgan fingerprint density at radius 3 is 2.27 bits per heavy atom. The highest BCUT2D eigenvalue weighted by Crippen LogP contribution is 2.16. The third-order valence-electron chi connectivity index (χ3n) is 4.43. The number of carbonyl (C=O) groups is 2. The van der Waals surface area contributed by atoms with Gasteiger partial charge in [-0.25, -0.2) is 27.3 Å². The van der Waals surface area contributed by atoms with Crippen molar-refractivity contribution < 1.29 is 27.1 Å². The van der Waals surface area contributed by atoms with Gasteiger partial charge in [-0.2, -0.15) is 0 Å². The van der Waals surface area contributed by atoms with Gasteiger partial charge in [-0.3, -0.25) is 9.36 Å². The normalized spacial score (nSPS) is 12.4. The topological polar surface area (TPSA) is 119 Å². The first-order valence-electron chi connectivity index (χ1n) is 9.99. The van der Waals surface area contributed by atoms with Crippen LogP contribution in [0.25, 0.3) is 5.69 Å². The molecule has 0 saturated carbocycles. The number of anilines is 1. The minimum absolute atomic E-state index is 0.0581. The molecule has 11 heteroatoms. The van der Waals surface area contributed by atoms with E-state index in [-0.39, 0.29) is 16.6 Å². The second kappa shape index (κ2) is 9.92. The Balaban J connectivity index is 1.64. The summed E-state index contributed by atoms with van der Waals surface area (Å²) in [5.74, 6) is -1.82. The fraction of sp³-hybridized carbons (Fsp3) is 0.227. The summed E-state index contributed by atoms with van der Waals surface area (Å²) >= 11 is 0. The van der Waals surface area contributed by atoms with Gasteiger partial charge < -0.3 is 10.1 Å². The summed E-state index contributed by atoms with van der Waals surface area (Å²) in [6, 6.07) is 10.8. The van der Waals surface area contributed by atoms with Crippen LogP contribution in [0.4, 0.5) is 10.1 Å². The van der Waals surface area contributed by atoms with Gasteiger partial charge in [0, 0.05) is 17.4 Å². The largest absolute Gasteiger partial charge is 0.448 e. The smallest absolute Gasteiger partial charge is 0.357 e. The Bertz CT molecular complexity index is 1240. The number of nitrogens with zero attached hydrogens (tertiary/aromatic N) is 2. The number of imidazole rings is 1. The third kappa shape index (κ3) is 6.02. The molecule has 0 saturated heterocycles. The van der Waals surface area contributed by atoms with E-state index in [1.165, 1.54) is 72.5 Å². The first-order valence-corrected chi connectivity index (χ1v) is 11.5. The van der Waals surface area contributed by atoms with E-state index in [9.17, 15) is 22.4 Å². The molecule has 0 fully saturated rings.